The molecule has 0 aliphatic carbocycles. The van der Waals surface area contributed by atoms with E-state index in [1.54, 1.807) is 13.0 Å². The van der Waals surface area contributed by atoms with E-state index in [1.165, 1.54) is 12.1 Å². The third-order valence-electron chi connectivity index (χ3n) is 5.06. The summed E-state index contributed by atoms with van der Waals surface area (Å²) in [5.74, 6) is 1.41. The van der Waals surface area contributed by atoms with Gasteiger partial charge in [-0.05, 0) is 69.5 Å². The van der Waals surface area contributed by atoms with Crippen LogP contribution in [0.15, 0.2) is 18.2 Å². The van der Waals surface area contributed by atoms with E-state index in [0.29, 0.717) is 35.7 Å². The van der Waals surface area contributed by atoms with Crippen molar-refractivity contribution in [1.82, 2.24) is 0 Å². The maximum Gasteiger partial charge on any atom is 0.310 e. The lowest BCUT2D eigenvalue weighted by Gasteiger charge is -2.20. The number of hydrogen-bond donors (Lipinski definition) is 0. The van der Waals surface area contributed by atoms with Crippen LogP contribution in [0.25, 0.3) is 0 Å². The number of ether oxygens (including phenoxy) is 3. The fourth-order valence-corrected chi connectivity index (χ4v) is 3.55. The van der Waals surface area contributed by atoms with Gasteiger partial charge in [-0.15, -0.1) is 0 Å². The van der Waals surface area contributed by atoms with Crippen molar-refractivity contribution in [2.24, 2.45) is 0 Å². The van der Waals surface area contributed by atoms with Crippen LogP contribution < -0.4 is 14.2 Å². The summed E-state index contributed by atoms with van der Waals surface area (Å²) < 4.78 is 31.6. The summed E-state index contributed by atoms with van der Waals surface area (Å²) in [4.78, 5) is 11.6. The molecule has 0 bridgehead atoms. The van der Waals surface area contributed by atoms with Gasteiger partial charge in [-0.3, -0.25) is 4.79 Å². The van der Waals surface area contributed by atoms with E-state index in [1.807, 2.05) is 34.6 Å². The van der Waals surface area contributed by atoms with Crippen molar-refractivity contribution < 1.29 is 23.4 Å². The molecule has 1 aliphatic heterocycles. The van der Waals surface area contributed by atoms with Crippen molar-refractivity contribution in [3.63, 3.8) is 0 Å². The number of benzene rings is 2. The minimum Gasteiger partial charge on any atom is -0.488 e. The van der Waals surface area contributed by atoms with Gasteiger partial charge in [0.2, 0.25) is 0 Å². The van der Waals surface area contributed by atoms with Gasteiger partial charge in [0, 0.05) is 24.0 Å². The van der Waals surface area contributed by atoms with E-state index in [0.717, 1.165) is 22.3 Å². The van der Waals surface area contributed by atoms with Crippen LogP contribution in [-0.2, 0) is 17.8 Å². The van der Waals surface area contributed by atoms with Crippen molar-refractivity contribution >= 4 is 5.97 Å². The van der Waals surface area contributed by atoms with Gasteiger partial charge >= 0.3 is 5.97 Å². The fourth-order valence-electron chi connectivity index (χ4n) is 3.55. The first kappa shape index (κ1) is 20.2. The highest BCUT2D eigenvalue weighted by Gasteiger charge is 2.32. The highest BCUT2D eigenvalue weighted by Crippen LogP contribution is 2.40. The second-order valence-corrected chi connectivity index (χ2v) is 7.98. The second-order valence-electron chi connectivity index (χ2n) is 7.98. The summed E-state index contributed by atoms with van der Waals surface area (Å²) in [6, 6.07) is 4.81. The van der Waals surface area contributed by atoms with Crippen LogP contribution in [0.5, 0.6) is 17.2 Å². The molecular weight excluding hydrogens is 359 g/mol. The Bertz CT molecular complexity index is 931. The molecule has 0 aromatic heterocycles. The minimum atomic E-state index is -0.349. The molecule has 1 aliphatic rings. The Labute approximate surface area is 165 Å². The van der Waals surface area contributed by atoms with Crippen LogP contribution in [0, 0.1) is 26.6 Å². The van der Waals surface area contributed by atoms with E-state index in [9.17, 15) is 9.18 Å². The van der Waals surface area contributed by atoms with Gasteiger partial charge in [0.1, 0.15) is 35.3 Å². The number of carbonyl (C=O) groups excluding carboxylic acids is 1. The fraction of sp³-hybridized carbons (Fsp3) is 0.435. The van der Waals surface area contributed by atoms with Crippen LogP contribution in [-0.4, -0.2) is 11.6 Å². The zero-order valence-corrected chi connectivity index (χ0v) is 17.4. The number of halogens is 1. The first-order chi connectivity index (χ1) is 13.1. The largest absolute Gasteiger partial charge is 0.488 e. The Morgan fingerprint density at radius 1 is 1.18 bits per heavy atom. The SMILES string of the molecule is CCC(=O)Oc1cc(C)c(OCc2cc(F)cc3c2OC(C)(C)C3)c(C)c1C. The lowest BCUT2D eigenvalue weighted by molar-refractivity contribution is -0.134. The third-order valence-corrected chi connectivity index (χ3v) is 5.06. The summed E-state index contributed by atoms with van der Waals surface area (Å²) in [7, 11) is 0. The second kappa shape index (κ2) is 7.46. The summed E-state index contributed by atoms with van der Waals surface area (Å²) >= 11 is 0. The Morgan fingerprint density at radius 3 is 2.57 bits per heavy atom. The number of fused-ring (bicyclic) bond motifs is 1. The number of esters is 1. The van der Waals surface area contributed by atoms with Crippen LogP contribution in [0.3, 0.4) is 0 Å². The number of rotatable bonds is 5. The van der Waals surface area contributed by atoms with Gasteiger partial charge in [-0.1, -0.05) is 6.92 Å². The number of aryl methyl sites for hydroxylation is 1. The highest BCUT2D eigenvalue weighted by molar-refractivity contribution is 5.73. The number of carbonyl (C=O) groups is 1. The molecule has 150 valence electrons. The van der Waals surface area contributed by atoms with Gasteiger partial charge in [0.25, 0.3) is 0 Å². The standard InChI is InChI=1S/C23H27FO4/c1-7-20(25)27-19-8-13(2)21(15(4)14(19)3)26-12-17-10-18(24)9-16-11-23(5,6)28-22(16)17/h8-10H,7,11-12H2,1-6H3. The Kier molecular flexibility index (Phi) is 5.37. The smallest absolute Gasteiger partial charge is 0.310 e. The normalized spacial score (nSPS) is 14.4. The Morgan fingerprint density at radius 2 is 1.89 bits per heavy atom. The van der Waals surface area contributed by atoms with E-state index in [-0.39, 0.29) is 24.0 Å². The van der Waals surface area contributed by atoms with Crippen molar-refractivity contribution in [3.05, 3.63) is 51.8 Å². The zero-order valence-electron chi connectivity index (χ0n) is 17.4. The van der Waals surface area contributed by atoms with Crippen molar-refractivity contribution in [1.29, 1.82) is 0 Å². The first-order valence-corrected chi connectivity index (χ1v) is 9.56. The third kappa shape index (κ3) is 3.98. The van der Waals surface area contributed by atoms with E-state index in [2.05, 4.69) is 0 Å². The highest BCUT2D eigenvalue weighted by atomic mass is 19.1. The lowest BCUT2D eigenvalue weighted by Crippen LogP contribution is -2.25. The molecule has 28 heavy (non-hydrogen) atoms. The molecule has 0 unspecified atom stereocenters. The molecule has 5 heteroatoms. The predicted molar refractivity (Wildman–Crippen MR) is 106 cm³/mol. The van der Waals surface area contributed by atoms with Crippen molar-refractivity contribution in [3.8, 4) is 17.2 Å². The summed E-state index contributed by atoms with van der Waals surface area (Å²) in [5, 5.41) is 0. The van der Waals surface area contributed by atoms with Gasteiger partial charge in [-0.2, -0.15) is 0 Å². The molecule has 0 N–H and O–H groups in total. The average molecular weight is 386 g/mol. The number of hydrogen-bond acceptors (Lipinski definition) is 4. The van der Waals surface area contributed by atoms with Crippen LogP contribution >= 0.6 is 0 Å². The van der Waals surface area contributed by atoms with Crippen LogP contribution in [0.1, 0.15) is 55.0 Å². The summed E-state index contributed by atoms with van der Waals surface area (Å²) in [6.45, 7) is 11.7. The van der Waals surface area contributed by atoms with Crippen molar-refractivity contribution in [2.75, 3.05) is 0 Å². The van der Waals surface area contributed by atoms with Crippen molar-refractivity contribution in [2.45, 2.75) is 66.6 Å². The molecule has 0 saturated heterocycles. The topological polar surface area (TPSA) is 44.8 Å². The minimum absolute atomic E-state index is 0.200. The molecule has 2 aromatic rings. The maximum atomic E-state index is 14.1. The molecule has 0 amide bonds. The molecule has 0 radical (unpaired) electrons. The van der Waals surface area contributed by atoms with Gasteiger partial charge in [0.15, 0.2) is 0 Å². The molecular formula is C23H27FO4. The Balaban J connectivity index is 1.87. The van der Waals surface area contributed by atoms with Crippen LogP contribution in [0.2, 0.25) is 0 Å². The lowest BCUT2D eigenvalue weighted by atomic mass is 10.0. The molecule has 1 heterocycles. The van der Waals surface area contributed by atoms with Gasteiger partial charge in [-0.25, -0.2) is 4.39 Å². The summed E-state index contributed by atoms with van der Waals surface area (Å²) in [6.07, 6.45) is 0.985. The van der Waals surface area contributed by atoms with Gasteiger partial charge < -0.3 is 14.2 Å². The Hall–Kier alpha value is -2.56. The quantitative estimate of drug-likeness (QED) is 0.513. The molecule has 0 atom stereocenters. The molecule has 0 fully saturated rings. The van der Waals surface area contributed by atoms with Crippen LogP contribution in [0.4, 0.5) is 4.39 Å². The molecule has 4 nitrogen and oxygen atoms in total. The maximum absolute atomic E-state index is 14.1. The summed E-state index contributed by atoms with van der Waals surface area (Å²) in [5.41, 5.74) is 3.82. The first-order valence-electron chi connectivity index (χ1n) is 9.56. The van der Waals surface area contributed by atoms with E-state index < -0.39 is 0 Å². The molecule has 0 spiro atoms. The van der Waals surface area contributed by atoms with E-state index >= 15 is 0 Å². The molecule has 0 saturated carbocycles. The monoisotopic (exact) mass is 386 g/mol. The van der Waals surface area contributed by atoms with E-state index in [4.69, 9.17) is 14.2 Å². The molecule has 2 aromatic carbocycles. The zero-order chi connectivity index (χ0) is 20.6. The molecule has 3 rings (SSSR count). The predicted octanol–water partition coefficient (Wildman–Crippen LogP) is 5.36. The van der Waals surface area contributed by atoms with Gasteiger partial charge in [0.05, 0.1) is 0 Å². The average Bonchev–Trinajstić information content (AvgIpc) is 2.92.